The molecule has 7 heteroatoms. The summed E-state index contributed by atoms with van der Waals surface area (Å²) in [7, 11) is -0.932. The summed E-state index contributed by atoms with van der Waals surface area (Å²) in [5, 5.41) is 0. The number of hydrogen-bond donors (Lipinski definition) is 0. The van der Waals surface area contributed by atoms with Crippen molar-refractivity contribution in [3.8, 4) is 0 Å². The highest BCUT2D eigenvalue weighted by molar-refractivity contribution is 7.89. The fraction of sp³-hybridized carbons (Fsp3) is 0.462. The number of rotatable bonds is 4. The van der Waals surface area contributed by atoms with E-state index in [1.165, 1.54) is 23.5 Å². The van der Waals surface area contributed by atoms with Gasteiger partial charge in [-0.1, -0.05) is 12.1 Å². The molecule has 1 aliphatic heterocycles. The Hall–Kier alpha value is -1.44. The van der Waals surface area contributed by atoms with Gasteiger partial charge in [0.1, 0.15) is 0 Å². The molecule has 1 atom stereocenters. The maximum Gasteiger partial charge on any atom is 0.339 e. The lowest BCUT2D eigenvalue weighted by Gasteiger charge is -2.17. The number of carbonyl (C=O) groups excluding carboxylic acids is 1. The summed E-state index contributed by atoms with van der Waals surface area (Å²) in [6.07, 6.45) is 0.547. The van der Waals surface area contributed by atoms with E-state index in [0.29, 0.717) is 19.5 Å². The Morgan fingerprint density at radius 3 is 2.60 bits per heavy atom. The molecular formula is C13H17NO5S. The van der Waals surface area contributed by atoms with Crippen molar-refractivity contribution in [2.75, 3.05) is 27.3 Å². The Kier molecular flexibility index (Phi) is 4.42. The number of nitrogens with zero attached hydrogens (tertiary/aromatic N) is 1. The average molecular weight is 299 g/mol. The van der Waals surface area contributed by atoms with Crippen LogP contribution in [0, 0.1) is 0 Å². The van der Waals surface area contributed by atoms with Gasteiger partial charge in [-0.3, -0.25) is 0 Å². The average Bonchev–Trinajstić information content (AvgIpc) is 2.96. The minimum absolute atomic E-state index is 0.0244. The van der Waals surface area contributed by atoms with E-state index in [4.69, 9.17) is 4.74 Å². The van der Waals surface area contributed by atoms with Gasteiger partial charge in [0.2, 0.25) is 10.0 Å². The summed E-state index contributed by atoms with van der Waals surface area (Å²) in [4.78, 5) is 11.7. The first-order valence-corrected chi connectivity index (χ1v) is 7.65. The van der Waals surface area contributed by atoms with Crippen LogP contribution in [0.2, 0.25) is 0 Å². The number of methoxy groups -OCH3 is 2. The SMILES string of the molecule is COC(=O)c1ccccc1S(=O)(=O)N1CCC(OC)C1. The Morgan fingerprint density at radius 2 is 2.00 bits per heavy atom. The third-order valence-electron chi connectivity index (χ3n) is 3.35. The van der Waals surface area contributed by atoms with E-state index < -0.39 is 16.0 Å². The number of sulfonamides is 1. The van der Waals surface area contributed by atoms with Gasteiger partial charge in [0, 0.05) is 20.2 Å². The Labute approximate surface area is 118 Å². The zero-order valence-electron chi connectivity index (χ0n) is 11.4. The number of hydrogen-bond acceptors (Lipinski definition) is 5. The third kappa shape index (κ3) is 2.70. The molecule has 0 bridgehead atoms. The smallest absolute Gasteiger partial charge is 0.339 e. The van der Waals surface area contributed by atoms with Crippen LogP contribution in [0.5, 0.6) is 0 Å². The summed E-state index contributed by atoms with van der Waals surface area (Å²) in [5.74, 6) is -0.660. The van der Waals surface area contributed by atoms with Gasteiger partial charge in [-0.25, -0.2) is 13.2 Å². The van der Waals surface area contributed by atoms with Crippen LogP contribution in [0.3, 0.4) is 0 Å². The molecule has 1 aliphatic rings. The lowest BCUT2D eigenvalue weighted by molar-refractivity contribution is 0.0596. The summed E-state index contributed by atoms with van der Waals surface area (Å²) in [6, 6.07) is 6.06. The zero-order chi connectivity index (χ0) is 14.8. The second-order valence-corrected chi connectivity index (χ2v) is 6.40. The van der Waals surface area contributed by atoms with Crippen LogP contribution in [0.25, 0.3) is 0 Å². The molecule has 0 aliphatic carbocycles. The molecule has 1 aromatic carbocycles. The van der Waals surface area contributed by atoms with Crippen molar-refractivity contribution in [2.45, 2.75) is 17.4 Å². The highest BCUT2D eigenvalue weighted by Gasteiger charge is 2.34. The topological polar surface area (TPSA) is 72.9 Å². The standard InChI is InChI=1S/C13H17NO5S/c1-18-10-7-8-14(9-10)20(16,17)12-6-4-3-5-11(12)13(15)19-2/h3-6,10H,7-9H2,1-2H3. The van der Waals surface area contributed by atoms with Crippen molar-refractivity contribution in [1.29, 1.82) is 0 Å². The molecule has 20 heavy (non-hydrogen) atoms. The van der Waals surface area contributed by atoms with Gasteiger partial charge in [-0.05, 0) is 18.6 Å². The van der Waals surface area contributed by atoms with E-state index in [-0.39, 0.29) is 16.6 Å². The molecule has 1 aromatic rings. The maximum atomic E-state index is 12.6. The zero-order valence-corrected chi connectivity index (χ0v) is 12.2. The highest BCUT2D eigenvalue weighted by atomic mass is 32.2. The molecule has 0 saturated carbocycles. The first kappa shape index (κ1) is 15.0. The normalized spacial score (nSPS) is 20.0. The van der Waals surface area contributed by atoms with Crippen molar-refractivity contribution >= 4 is 16.0 Å². The first-order valence-electron chi connectivity index (χ1n) is 6.21. The predicted molar refractivity (Wildman–Crippen MR) is 72.0 cm³/mol. The van der Waals surface area contributed by atoms with Gasteiger partial charge in [0.15, 0.2) is 0 Å². The van der Waals surface area contributed by atoms with Gasteiger partial charge in [0.25, 0.3) is 0 Å². The number of carbonyl (C=O) groups is 1. The summed E-state index contributed by atoms with van der Waals surface area (Å²) < 4.78 is 36.3. The molecule has 0 N–H and O–H groups in total. The van der Waals surface area contributed by atoms with Crippen molar-refractivity contribution in [1.82, 2.24) is 4.31 Å². The minimum atomic E-state index is -3.71. The van der Waals surface area contributed by atoms with Crippen LogP contribution >= 0.6 is 0 Å². The minimum Gasteiger partial charge on any atom is -0.465 e. The molecule has 1 heterocycles. The molecule has 0 spiro atoms. The van der Waals surface area contributed by atoms with Crippen molar-refractivity contribution < 1.29 is 22.7 Å². The Balaban J connectivity index is 2.38. The first-order chi connectivity index (χ1) is 9.50. The van der Waals surface area contributed by atoms with Crippen molar-refractivity contribution in [3.63, 3.8) is 0 Å². The molecule has 6 nitrogen and oxygen atoms in total. The van der Waals surface area contributed by atoms with Crippen LogP contribution in [0.15, 0.2) is 29.2 Å². The number of ether oxygens (including phenoxy) is 2. The Bertz CT molecular complexity index is 599. The van der Waals surface area contributed by atoms with E-state index in [2.05, 4.69) is 4.74 Å². The lowest BCUT2D eigenvalue weighted by atomic mass is 10.2. The predicted octanol–water partition coefficient (Wildman–Crippen LogP) is 0.883. The molecule has 1 fully saturated rings. The Morgan fingerprint density at radius 1 is 1.30 bits per heavy atom. The van der Waals surface area contributed by atoms with E-state index in [9.17, 15) is 13.2 Å². The van der Waals surface area contributed by atoms with E-state index in [0.717, 1.165) is 0 Å². The largest absolute Gasteiger partial charge is 0.465 e. The summed E-state index contributed by atoms with van der Waals surface area (Å²) >= 11 is 0. The van der Waals surface area contributed by atoms with Crippen molar-refractivity contribution in [3.05, 3.63) is 29.8 Å². The van der Waals surface area contributed by atoms with Crippen LogP contribution in [-0.4, -0.2) is 52.1 Å². The van der Waals surface area contributed by atoms with E-state index in [1.807, 2.05) is 0 Å². The van der Waals surface area contributed by atoms with Crippen LogP contribution in [-0.2, 0) is 19.5 Å². The number of esters is 1. The third-order valence-corrected chi connectivity index (χ3v) is 5.27. The molecule has 1 saturated heterocycles. The van der Waals surface area contributed by atoms with Gasteiger partial charge < -0.3 is 9.47 Å². The quantitative estimate of drug-likeness (QED) is 0.772. The van der Waals surface area contributed by atoms with Crippen LogP contribution in [0.4, 0.5) is 0 Å². The molecule has 0 aromatic heterocycles. The van der Waals surface area contributed by atoms with E-state index in [1.54, 1.807) is 19.2 Å². The van der Waals surface area contributed by atoms with Gasteiger partial charge in [-0.2, -0.15) is 4.31 Å². The second-order valence-electron chi connectivity index (χ2n) is 4.50. The molecule has 2 rings (SSSR count). The van der Waals surface area contributed by atoms with Crippen LogP contribution in [0.1, 0.15) is 16.8 Å². The van der Waals surface area contributed by atoms with Gasteiger partial charge in [-0.15, -0.1) is 0 Å². The fourth-order valence-electron chi connectivity index (χ4n) is 2.22. The molecule has 0 amide bonds. The highest BCUT2D eigenvalue weighted by Crippen LogP contribution is 2.25. The second kappa shape index (κ2) is 5.90. The molecule has 110 valence electrons. The fourth-order valence-corrected chi connectivity index (χ4v) is 3.88. The molecule has 0 radical (unpaired) electrons. The maximum absolute atomic E-state index is 12.6. The van der Waals surface area contributed by atoms with Crippen molar-refractivity contribution in [2.24, 2.45) is 0 Å². The van der Waals surface area contributed by atoms with E-state index >= 15 is 0 Å². The lowest BCUT2D eigenvalue weighted by Crippen LogP contribution is -2.31. The summed E-state index contributed by atoms with van der Waals surface area (Å²) in [5.41, 5.74) is 0.0517. The van der Waals surface area contributed by atoms with Gasteiger partial charge in [0.05, 0.1) is 23.7 Å². The van der Waals surface area contributed by atoms with Crippen LogP contribution < -0.4 is 0 Å². The number of benzene rings is 1. The summed E-state index contributed by atoms with van der Waals surface area (Å²) in [6.45, 7) is 0.685. The molecular weight excluding hydrogens is 282 g/mol. The monoisotopic (exact) mass is 299 g/mol. The molecule has 1 unspecified atom stereocenters. The van der Waals surface area contributed by atoms with Gasteiger partial charge >= 0.3 is 5.97 Å².